The zero-order chi connectivity index (χ0) is 12.4. The normalized spacial score (nSPS) is 10.5. The van der Waals surface area contributed by atoms with Crippen LogP contribution in [0.2, 0.25) is 5.02 Å². The van der Waals surface area contributed by atoms with Crippen LogP contribution in [-0.4, -0.2) is 14.8 Å². The number of hydrogen-bond donors (Lipinski definition) is 1. The predicted octanol–water partition coefficient (Wildman–Crippen LogP) is 1.94. The summed E-state index contributed by atoms with van der Waals surface area (Å²) >= 11 is 5.89. The summed E-state index contributed by atoms with van der Waals surface area (Å²) in [6, 6.07) is 5.16. The number of anilines is 1. The molecule has 6 heteroatoms. The van der Waals surface area contributed by atoms with Gasteiger partial charge in [0.05, 0.1) is 10.7 Å². The van der Waals surface area contributed by atoms with Crippen molar-refractivity contribution >= 4 is 17.3 Å². The van der Waals surface area contributed by atoms with Gasteiger partial charge in [-0.15, -0.1) is 10.2 Å². The molecule has 0 saturated heterocycles. The smallest absolute Gasteiger partial charge is 0.170 e. The molecule has 2 rings (SSSR count). The van der Waals surface area contributed by atoms with Crippen LogP contribution in [0.4, 0.5) is 5.69 Å². The van der Waals surface area contributed by atoms with Crippen LogP contribution in [-0.2, 0) is 13.7 Å². The summed E-state index contributed by atoms with van der Waals surface area (Å²) in [6.45, 7) is 2.23. The van der Waals surface area contributed by atoms with Crippen molar-refractivity contribution < 1.29 is 4.74 Å². The highest BCUT2D eigenvalue weighted by Gasteiger charge is 2.06. The average molecular weight is 253 g/mol. The standard InChI is InChI=1S/C11H13ClN4O/c1-7-14-15-11(16(7)2)6-17-8-3-4-10(13)9(12)5-8/h3-5H,6,13H2,1-2H3. The Morgan fingerprint density at radius 3 is 2.76 bits per heavy atom. The van der Waals surface area contributed by atoms with E-state index < -0.39 is 0 Å². The molecule has 0 atom stereocenters. The van der Waals surface area contributed by atoms with Gasteiger partial charge in [-0.25, -0.2) is 0 Å². The molecule has 90 valence electrons. The van der Waals surface area contributed by atoms with Gasteiger partial charge in [-0.05, 0) is 19.1 Å². The van der Waals surface area contributed by atoms with E-state index in [0.29, 0.717) is 23.1 Å². The van der Waals surface area contributed by atoms with Gasteiger partial charge in [0.1, 0.15) is 18.2 Å². The number of benzene rings is 1. The molecule has 0 aliphatic heterocycles. The maximum Gasteiger partial charge on any atom is 0.170 e. The molecule has 0 unspecified atom stereocenters. The molecule has 5 nitrogen and oxygen atoms in total. The average Bonchev–Trinajstić information content (AvgIpc) is 2.62. The minimum absolute atomic E-state index is 0.345. The van der Waals surface area contributed by atoms with Gasteiger partial charge < -0.3 is 15.0 Å². The lowest BCUT2D eigenvalue weighted by Gasteiger charge is -2.07. The largest absolute Gasteiger partial charge is 0.486 e. The molecule has 0 fully saturated rings. The first-order chi connectivity index (χ1) is 8.08. The Balaban J connectivity index is 2.07. The Kier molecular flexibility index (Phi) is 3.19. The van der Waals surface area contributed by atoms with Crippen LogP contribution in [0.25, 0.3) is 0 Å². The fourth-order valence-corrected chi connectivity index (χ4v) is 1.49. The number of ether oxygens (including phenoxy) is 1. The summed E-state index contributed by atoms with van der Waals surface area (Å²) in [5, 5.41) is 8.43. The van der Waals surface area contributed by atoms with Gasteiger partial charge in [0.2, 0.25) is 0 Å². The highest BCUT2D eigenvalue weighted by molar-refractivity contribution is 6.33. The fraction of sp³-hybridized carbons (Fsp3) is 0.273. The van der Waals surface area contributed by atoms with E-state index in [1.54, 1.807) is 18.2 Å². The van der Waals surface area contributed by atoms with E-state index in [2.05, 4.69) is 10.2 Å². The van der Waals surface area contributed by atoms with E-state index in [0.717, 1.165) is 11.6 Å². The second kappa shape index (κ2) is 4.63. The molecular formula is C11H13ClN4O. The number of rotatable bonds is 3. The molecule has 1 aromatic carbocycles. The number of aromatic nitrogens is 3. The monoisotopic (exact) mass is 252 g/mol. The third-order valence-corrected chi connectivity index (χ3v) is 2.85. The summed E-state index contributed by atoms with van der Waals surface area (Å²) in [4.78, 5) is 0. The first kappa shape index (κ1) is 11.7. The molecule has 0 spiro atoms. The van der Waals surface area contributed by atoms with E-state index in [1.807, 2.05) is 18.5 Å². The first-order valence-electron chi connectivity index (χ1n) is 5.10. The third kappa shape index (κ3) is 2.50. The number of nitrogen functional groups attached to an aromatic ring is 1. The molecular weight excluding hydrogens is 240 g/mol. The van der Waals surface area contributed by atoms with Crippen molar-refractivity contribution in [2.75, 3.05) is 5.73 Å². The van der Waals surface area contributed by atoms with Gasteiger partial charge in [-0.1, -0.05) is 11.6 Å². The van der Waals surface area contributed by atoms with Crippen molar-refractivity contribution in [2.45, 2.75) is 13.5 Å². The lowest BCUT2D eigenvalue weighted by molar-refractivity contribution is 0.291. The van der Waals surface area contributed by atoms with Gasteiger partial charge in [0.15, 0.2) is 5.82 Å². The van der Waals surface area contributed by atoms with Crippen molar-refractivity contribution in [3.8, 4) is 5.75 Å². The zero-order valence-electron chi connectivity index (χ0n) is 9.64. The zero-order valence-corrected chi connectivity index (χ0v) is 10.4. The van der Waals surface area contributed by atoms with Crippen LogP contribution in [0.1, 0.15) is 11.6 Å². The maximum atomic E-state index is 5.89. The highest BCUT2D eigenvalue weighted by Crippen LogP contribution is 2.24. The fourth-order valence-electron chi connectivity index (χ4n) is 1.32. The van der Waals surface area contributed by atoms with E-state index in [-0.39, 0.29) is 0 Å². The van der Waals surface area contributed by atoms with Gasteiger partial charge in [0.25, 0.3) is 0 Å². The van der Waals surface area contributed by atoms with Crippen molar-refractivity contribution in [1.29, 1.82) is 0 Å². The van der Waals surface area contributed by atoms with Crippen LogP contribution in [0, 0.1) is 6.92 Å². The van der Waals surface area contributed by atoms with Crippen LogP contribution in [0.3, 0.4) is 0 Å². The van der Waals surface area contributed by atoms with Gasteiger partial charge in [-0.3, -0.25) is 0 Å². The third-order valence-electron chi connectivity index (χ3n) is 2.52. The molecule has 0 amide bonds. The Bertz CT molecular complexity index is 538. The lowest BCUT2D eigenvalue weighted by atomic mass is 10.3. The Morgan fingerprint density at radius 2 is 2.18 bits per heavy atom. The SMILES string of the molecule is Cc1nnc(COc2ccc(N)c(Cl)c2)n1C. The number of nitrogens with zero attached hydrogens (tertiary/aromatic N) is 3. The molecule has 0 saturated carbocycles. The van der Waals surface area contributed by atoms with Crippen LogP contribution in [0.5, 0.6) is 5.75 Å². The van der Waals surface area contributed by atoms with E-state index in [9.17, 15) is 0 Å². The second-order valence-electron chi connectivity index (χ2n) is 3.69. The van der Waals surface area contributed by atoms with Crippen molar-refractivity contribution in [1.82, 2.24) is 14.8 Å². The molecule has 17 heavy (non-hydrogen) atoms. The molecule has 0 aliphatic rings. The predicted molar refractivity (Wildman–Crippen MR) is 65.9 cm³/mol. The van der Waals surface area contributed by atoms with Crippen molar-refractivity contribution in [3.63, 3.8) is 0 Å². The number of halogens is 1. The number of aryl methyl sites for hydroxylation is 1. The van der Waals surface area contributed by atoms with Crippen LogP contribution >= 0.6 is 11.6 Å². The van der Waals surface area contributed by atoms with Crippen LogP contribution < -0.4 is 10.5 Å². The molecule has 1 aromatic heterocycles. The minimum Gasteiger partial charge on any atom is -0.486 e. The molecule has 0 bridgehead atoms. The topological polar surface area (TPSA) is 66.0 Å². The van der Waals surface area contributed by atoms with Gasteiger partial charge >= 0.3 is 0 Å². The van der Waals surface area contributed by atoms with E-state index in [1.165, 1.54) is 0 Å². The number of nitrogens with two attached hydrogens (primary N) is 1. The van der Waals surface area contributed by atoms with Gasteiger partial charge in [0, 0.05) is 13.1 Å². The molecule has 2 aromatic rings. The van der Waals surface area contributed by atoms with Crippen LogP contribution in [0.15, 0.2) is 18.2 Å². The Labute approximate surface area is 104 Å². The van der Waals surface area contributed by atoms with Gasteiger partial charge in [-0.2, -0.15) is 0 Å². The van der Waals surface area contributed by atoms with Crippen molar-refractivity contribution in [2.24, 2.45) is 7.05 Å². The summed E-state index contributed by atoms with van der Waals surface area (Å²) in [6.07, 6.45) is 0. The summed E-state index contributed by atoms with van der Waals surface area (Å²) in [5.74, 6) is 2.26. The maximum absolute atomic E-state index is 5.89. The summed E-state index contributed by atoms with van der Waals surface area (Å²) < 4.78 is 7.43. The van der Waals surface area contributed by atoms with Crippen molar-refractivity contribution in [3.05, 3.63) is 34.9 Å². The molecule has 0 radical (unpaired) electrons. The molecule has 1 heterocycles. The van der Waals surface area contributed by atoms with E-state index >= 15 is 0 Å². The quantitative estimate of drug-likeness (QED) is 0.848. The minimum atomic E-state index is 0.345. The molecule has 0 aliphatic carbocycles. The first-order valence-corrected chi connectivity index (χ1v) is 5.48. The number of hydrogen-bond acceptors (Lipinski definition) is 4. The highest BCUT2D eigenvalue weighted by atomic mass is 35.5. The summed E-state index contributed by atoms with van der Waals surface area (Å²) in [5.41, 5.74) is 6.15. The Hall–Kier alpha value is -1.75. The molecule has 2 N–H and O–H groups in total. The summed E-state index contributed by atoms with van der Waals surface area (Å²) in [7, 11) is 1.89. The second-order valence-corrected chi connectivity index (χ2v) is 4.10. The lowest BCUT2D eigenvalue weighted by Crippen LogP contribution is -2.04. The Morgan fingerprint density at radius 1 is 1.41 bits per heavy atom. The van der Waals surface area contributed by atoms with E-state index in [4.69, 9.17) is 22.1 Å².